The van der Waals surface area contributed by atoms with Crippen molar-refractivity contribution in [3.63, 3.8) is 0 Å². The lowest BCUT2D eigenvalue weighted by atomic mass is 10.1. The van der Waals surface area contributed by atoms with E-state index in [-0.39, 0.29) is 17.9 Å². The first-order chi connectivity index (χ1) is 7.83. The number of rotatable bonds is 2. The van der Waals surface area contributed by atoms with Gasteiger partial charge in [-0.05, 0) is 27.2 Å². The van der Waals surface area contributed by atoms with E-state index in [1.807, 2.05) is 20.8 Å². The van der Waals surface area contributed by atoms with Gasteiger partial charge in [0.05, 0.1) is 13.0 Å². The number of ether oxygens (including phenoxy) is 1. The average molecular weight is 244 g/mol. The molecular formula is C11H20N2O4. The van der Waals surface area contributed by atoms with Crippen LogP contribution in [0, 0.1) is 5.92 Å². The molecule has 0 aromatic carbocycles. The Balaban J connectivity index is 2.45. The molecule has 0 radical (unpaired) electrons. The summed E-state index contributed by atoms with van der Waals surface area (Å²) in [6, 6.07) is 0. The molecule has 1 heterocycles. The Labute approximate surface area is 101 Å². The van der Waals surface area contributed by atoms with Crippen LogP contribution in [0.5, 0.6) is 0 Å². The smallest absolute Gasteiger partial charge is 0.410 e. The molecule has 0 aliphatic carbocycles. The second-order valence-corrected chi connectivity index (χ2v) is 5.08. The predicted molar refractivity (Wildman–Crippen MR) is 61.1 cm³/mol. The van der Waals surface area contributed by atoms with E-state index in [2.05, 4.69) is 10.3 Å². The van der Waals surface area contributed by atoms with Gasteiger partial charge in [-0.15, -0.1) is 0 Å². The number of carbonyl (C=O) groups is 2. The monoisotopic (exact) mass is 244 g/mol. The minimum absolute atomic E-state index is 0.196. The highest BCUT2D eigenvalue weighted by Gasteiger charge is 2.33. The molecule has 1 rings (SSSR count). The molecule has 0 unspecified atom stereocenters. The zero-order chi connectivity index (χ0) is 13.1. The number of amides is 2. The summed E-state index contributed by atoms with van der Waals surface area (Å²) in [5.74, 6) is -0.416. The molecule has 1 aliphatic heterocycles. The van der Waals surface area contributed by atoms with Crippen LogP contribution in [0.3, 0.4) is 0 Å². The molecule has 0 aromatic heterocycles. The Morgan fingerprint density at radius 2 is 2.00 bits per heavy atom. The molecule has 1 N–H and O–H groups in total. The zero-order valence-corrected chi connectivity index (χ0v) is 10.8. The van der Waals surface area contributed by atoms with Crippen molar-refractivity contribution in [3.8, 4) is 0 Å². The van der Waals surface area contributed by atoms with Crippen molar-refractivity contribution in [2.75, 3.05) is 20.2 Å². The lowest BCUT2D eigenvalue weighted by Gasteiger charge is -2.24. The summed E-state index contributed by atoms with van der Waals surface area (Å²) >= 11 is 0. The Hall–Kier alpha value is -1.30. The molecule has 0 bridgehead atoms. The van der Waals surface area contributed by atoms with E-state index in [1.165, 1.54) is 7.11 Å². The van der Waals surface area contributed by atoms with E-state index < -0.39 is 5.60 Å². The lowest BCUT2D eigenvalue weighted by molar-refractivity contribution is -0.135. The van der Waals surface area contributed by atoms with Crippen molar-refractivity contribution in [1.29, 1.82) is 0 Å². The van der Waals surface area contributed by atoms with Gasteiger partial charge in [-0.1, -0.05) is 0 Å². The van der Waals surface area contributed by atoms with Gasteiger partial charge in [-0.3, -0.25) is 9.63 Å². The Bertz CT molecular complexity index is 298. The van der Waals surface area contributed by atoms with Gasteiger partial charge >= 0.3 is 6.09 Å². The summed E-state index contributed by atoms with van der Waals surface area (Å²) in [5.41, 5.74) is 1.77. The van der Waals surface area contributed by atoms with Gasteiger partial charge in [0.25, 0.3) is 0 Å². The summed E-state index contributed by atoms with van der Waals surface area (Å²) in [7, 11) is 1.39. The third kappa shape index (κ3) is 4.22. The molecule has 6 heteroatoms. The van der Waals surface area contributed by atoms with Crippen molar-refractivity contribution in [2.24, 2.45) is 5.92 Å². The van der Waals surface area contributed by atoms with E-state index in [0.29, 0.717) is 19.5 Å². The topological polar surface area (TPSA) is 67.9 Å². The number of hydrogen-bond acceptors (Lipinski definition) is 4. The van der Waals surface area contributed by atoms with Crippen molar-refractivity contribution in [3.05, 3.63) is 0 Å². The molecule has 1 aliphatic rings. The fourth-order valence-electron chi connectivity index (χ4n) is 1.65. The van der Waals surface area contributed by atoms with Gasteiger partial charge in [0.15, 0.2) is 0 Å². The van der Waals surface area contributed by atoms with E-state index in [0.717, 1.165) is 0 Å². The first-order valence-corrected chi connectivity index (χ1v) is 5.64. The zero-order valence-electron chi connectivity index (χ0n) is 10.8. The second kappa shape index (κ2) is 5.35. The highest BCUT2D eigenvalue weighted by molar-refractivity contribution is 5.79. The summed E-state index contributed by atoms with van der Waals surface area (Å²) < 4.78 is 5.23. The summed E-state index contributed by atoms with van der Waals surface area (Å²) in [6.45, 7) is 6.36. The maximum Gasteiger partial charge on any atom is 0.410 e. The maximum atomic E-state index is 11.7. The first kappa shape index (κ1) is 13.8. The van der Waals surface area contributed by atoms with E-state index in [1.54, 1.807) is 4.90 Å². The normalized spacial score (nSPS) is 20.2. The minimum atomic E-state index is -0.510. The third-order valence-corrected chi connectivity index (χ3v) is 2.41. The second-order valence-electron chi connectivity index (χ2n) is 5.08. The quantitative estimate of drug-likeness (QED) is 0.733. The first-order valence-electron chi connectivity index (χ1n) is 5.64. The van der Waals surface area contributed by atoms with Crippen molar-refractivity contribution >= 4 is 12.0 Å². The molecule has 98 valence electrons. The summed E-state index contributed by atoms with van der Waals surface area (Å²) in [5, 5.41) is 0. The van der Waals surface area contributed by atoms with Crippen LogP contribution in [0.25, 0.3) is 0 Å². The van der Waals surface area contributed by atoms with E-state index >= 15 is 0 Å². The molecule has 1 fully saturated rings. The molecule has 0 saturated carbocycles. The van der Waals surface area contributed by atoms with Crippen LogP contribution in [-0.4, -0.2) is 42.7 Å². The minimum Gasteiger partial charge on any atom is -0.444 e. The van der Waals surface area contributed by atoms with Gasteiger partial charge in [0.2, 0.25) is 5.91 Å². The van der Waals surface area contributed by atoms with Gasteiger partial charge in [0.1, 0.15) is 5.60 Å². The van der Waals surface area contributed by atoms with E-state index in [4.69, 9.17) is 4.74 Å². The van der Waals surface area contributed by atoms with Crippen LogP contribution in [0.2, 0.25) is 0 Å². The van der Waals surface area contributed by atoms with E-state index in [9.17, 15) is 9.59 Å². The fraction of sp³-hybridized carbons (Fsp3) is 0.818. The molecule has 0 spiro atoms. The number of nitrogens with zero attached hydrogens (tertiary/aromatic N) is 1. The largest absolute Gasteiger partial charge is 0.444 e. The molecule has 17 heavy (non-hydrogen) atoms. The molecule has 6 nitrogen and oxygen atoms in total. The summed E-state index contributed by atoms with van der Waals surface area (Å²) in [4.78, 5) is 29.3. The van der Waals surface area contributed by atoms with Crippen molar-refractivity contribution < 1.29 is 19.2 Å². The number of likely N-dealkylation sites (tertiary alicyclic amines) is 1. The maximum absolute atomic E-state index is 11.7. The molecule has 1 atom stereocenters. The van der Waals surface area contributed by atoms with Crippen LogP contribution in [0.1, 0.15) is 27.2 Å². The van der Waals surface area contributed by atoms with Crippen molar-refractivity contribution in [2.45, 2.75) is 32.8 Å². The Kier molecular flexibility index (Phi) is 4.34. The number of hydroxylamine groups is 1. The number of carbonyl (C=O) groups excluding carboxylic acids is 2. The highest BCUT2D eigenvalue weighted by Crippen LogP contribution is 2.19. The number of nitrogens with one attached hydrogen (secondary N) is 1. The SMILES string of the molecule is CONC(=O)[C@H]1CCN(C(=O)OC(C)(C)C)C1. The standard InChI is InChI=1S/C11H20N2O4/c1-11(2,3)17-10(15)13-6-5-8(7-13)9(14)12-16-4/h8H,5-7H2,1-4H3,(H,12,14)/t8-/m0/s1. The Morgan fingerprint density at radius 3 is 2.53 bits per heavy atom. The van der Waals surface area contributed by atoms with Crippen LogP contribution in [-0.2, 0) is 14.4 Å². The van der Waals surface area contributed by atoms with Gasteiger partial charge in [0, 0.05) is 13.1 Å². The van der Waals surface area contributed by atoms with Crippen molar-refractivity contribution in [1.82, 2.24) is 10.4 Å². The van der Waals surface area contributed by atoms with Crippen LogP contribution in [0.15, 0.2) is 0 Å². The third-order valence-electron chi connectivity index (χ3n) is 2.41. The molecule has 2 amide bonds. The molecular weight excluding hydrogens is 224 g/mol. The lowest BCUT2D eigenvalue weighted by Crippen LogP contribution is -2.37. The van der Waals surface area contributed by atoms with Crippen LogP contribution >= 0.6 is 0 Å². The molecule has 0 aromatic rings. The number of hydrogen-bond donors (Lipinski definition) is 1. The predicted octanol–water partition coefficient (Wildman–Crippen LogP) is 0.921. The van der Waals surface area contributed by atoms with Gasteiger partial charge in [-0.2, -0.15) is 0 Å². The Morgan fingerprint density at radius 1 is 1.35 bits per heavy atom. The van der Waals surface area contributed by atoms with Gasteiger partial charge < -0.3 is 9.64 Å². The highest BCUT2D eigenvalue weighted by atomic mass is 16.6. The fourth-order valence-corrected chi connectivity index (χ4v) is 1.65. The van der Waals surface area contributed by atoms with Crippen LogP contribution < -0.4 is 5.48 Å². The van der Waals surface area contributed by atoms with Gasteiger partial charge in [-0.25, -0.2) is 10.3 Å². The molecule has 1 saturated heterocycles. The van der Waals surface area contributed by atoms with Crippen LogP contribution in [0.4, 0.5) is 4.79 Å². The average Bonchev–Trinajstić information content (AvgIpc) is 2.63. The summed E-state index contributed by atoms with van der Waals surface area (Å²) in [6.07, 6.45) is 0.263.